The van der Waals surface area contributed by atoms with Gasteiger partial charge in [0, 0.05) is 123 Å². The second kappa shape index (κ2) is 37.6. The van der Waals surface area contributed by atoms with Crippen LogP contribution in [0.25, 0.3) is 0 Å². The monoisotopic (exact) mass is 1530 g/mol. The maximum absolute atomic E-state index is 10.7. The Morgan fingerprint density at radius 2 is 0.492 bits per heavy atom. The Labute approximate surface area is 451 Å². The zero-order valence-corrected chi connectivity index (χ0v) is 50.0. The highest BCUT2D eigenvalue weighted by Crippen LogP contribution is 2.23. The highest BCUT2D eigenvalue weighted by molar-refractivity contribution is 9.11. The van der Waals surface area contributed by atoms with Crippen molar-refractivity contribution in [2.75, 3.05) is 0 Å². The number of rotatable bonds is 1. The van der Waals surface area contributed by atoms with Crippen molar-refractivity contribution in [1.82, 2.24) is 0 Å². The fourth-order valence-electron chi connectivity index (χ4n) is 2.39. The first-order chi connectivity index (χ1) is 27.4. The smallest absolute Gasteiger partial charge is 0.207 e. The van der Waals surface area contributed by atoms with Gasteiger partial charge in [0.2, 0.25) is 0 Å². The summed E-state index contributed by atoms with van der Waals surface area (Å²) in [4.78, 5) is -0.0525. The molecule has 0 spiro atoms. The van der Waals surface area contributed by atoms with Crippen LogP contribution in [-0.4, -0.2) is 42.1 Å². The van der Waals surface area contributed by atoms with E-state index in [1.165, 1.54) is 12.1 Å². The molecule has 344 valence electrons. The van der Waals surface area contributed by atoms with Crippen LogP contribution in [0.1, 0.15) is 0 Å². The molecule has 0 heterocycles. The topological polar surface area (TPSA) is 171 Å². The molecule has 0 saturated carbocycles. The Bertz CT molecular complexity index is 2270. The number of hydrogen-bond donors (Lipinski definition) is 0. The molecule has 0 N–H and O–H groups in total. The van der Waals surface area contributed by atoms with Crippen LogP contribution in [0.5, 0.6) is 0 Å². The van der Waals surface area contributed by atoms with E-state index in [0.717, 1.165) is 26.8 Å². The lowest BCUT2D eigenvalue weighted by Gasteiger charge is -1.96. The van der Waals surface area contributed by atoms with E-state index in [1.807, 2.05) is 109 Å². The molecule has 5 aromatic rings. The maximum atomic E-state index is 10.7. The van der Waals surface area contributed by atoms with E-state index in [-0.39, 0.29) is 9.92 Å². The molecule has 0 saturated heterocycles. The van der Waals surface area contributed by atoms with Gasteiger partial charge in [-0.15, -0.1) is 0 Å². The van der Waals surface area contributed by atoms with Gasteiger partial charge in [-0.1, -0.05) is 168 Å². The van der Waals surface area contributed by atoms with Crippen molar-refractivity contribution >= 4 is 245 Å². The summed E-state index contributed by atoms with van der Waals surface area (Å²) in [7, 11) is 20.6. The second-order valence-electron chi connectivity index (χ2n) is 8.85. The Kier molecular flexibility index (Phi) is 42.6. The number of halogens is 16. The summed E-state index contributed by atoms with van der Waals surface area (Å²) in [6.45, 7) is 0. The first-order valence-corrected chi connectivity index (χ1v) is 33.9. The fourth-order valence-corrected chi connectivity index (χ4v) is 6.72. The summed E-state index contributed by atoms with van der Waals surface area (Å²) in [5.74, 6) is 0. The predicted molar refractivity (Wildman–Crippen MR) is 279 cm³/mol. The Morgan fingerprint density at radius 1 is 0.295 bits per heavy atom. The Balaban J connectivity index is -0.000000304. The molecule has 0 atom stereocenters. The average molecular weight is 1540 g/mol. The van der Waals surface area contributed by atoms with Crippen LogP contribution in [-0.2, 0) is 42.1 Å². The summed E-state index contributed by atoms with van der Waals surface area (Å²) < 4.78 is 101. The molecule has 5 rings (SSSR count). The van der Waals surface area contributed by atoms with E-state index < -0.39 is 42.1 Å². The molecule has 61 heavy (non-hydrogen) atoms. The third kappa shape index (κ3) is 73.4. The molecule has 0 aliphatic heterocycles. The third-order valence-corrected chi connectivity index (χ3v) is 8.99. The van der Waals surface area contributed by atoms with Crippen molar-refractivity contribution in [2.45, 2.75) is 4.90 Å². The summed E-state index contributed by atoms with van der Waals surface area (Å²) in [6.07, 6.45) is 0. The van der Waals surface area contributed by atoms with Gasteiger partial charge in [-0.3, -0.25) is 0 Å². The van der Waals surface area contributed by atoms with Crippen molar-refractivity contribution in [2.24, 2.45) is 0 Å². The van der Waals surface area contributed by atoms with Crippen LogP contribution in [0, 0.1) is 0 Å². The molecule has 0 aliphatic carbocycles. The summed E-state index contributed by atoms with van der Waals surface area (Å²) >= 11 is 25.5. The van der Waals surface area contributed by atoms with E-state index in [9.17, 15) is 8.42 Å². The minimum Gasteiger partial charge on any atom is -0.207 e. The van der Waals surface area contributed by atoms with Crippen LogP contribution in [0.3, 0.4) is 0 Å². The number of benzene rings is 5. The summed E-state index contributed by atoms with van der Waals surface area (Å²) in [5, 5.41) is 0.141. The normalized spacial score (nSPS) is 10.3. The van der Waals surface area contributed by atoms with Crippen LogP contribution in [0.4, 0.5) is 0 Å². The van der Waals surface area contributed by atoms with E-state index in [4.69, 9.17) is 56.0 Å². The molecular formula is C30H22Br6Cl10O10S5. The SMILES string of the molecule is Brc1cccc(Br)c1.Brc1cccc(Br)c1.Brc1ccccc1.Brc1ccccc1.O=S(=O)(Cl)Cl.O=S(=O)(Cl)Cl.O=S(=O)(Cl)Cl.O=S(=O)(Cl)Cl.O=S(=O)(Cl)c1ccccc1Cl. The molecule has 0 bridgehead atoms. The molecule has 0 amide bonds. The first kappa shape index (κ1) is 69.2. The summed E-state index contributed by atoms with van der Waals surface area (Å²) in [5.41, 5.74) is 0. The predicted octanol–water partition coefficient (Wildman–Crippen LogP) is 16.4. The minimum absolute atomic E-state index is 0.0525. The highest BCUT2D eigenvalue weighted by Gasteiger charge is 2.12. The second-order valence-corrected chi connectivity index (χ2v) is 32.0. The zero-order valence-electron chi connectivity index (χ0n) is 28.9. The van der Waals surface area contributed by atoms with E-state index in [2.05, 4.69) is 181 Å². The van der Waals surface area contributed by atoms with Crippen molar-refractivity contribution in [1.29, 1.82) is 0 Å². The van der Waals surface area contributed by atoms with Gasteiger partial charge in [0.25, 0.3) is 9.05 Å². The quantitative estimate of drug-likeness (QED) is 0.147. The van der Waals surface area contributed by atoms with E-state index in [1.54, 1.807) is 12.1 Å². The molecule has 5 aromatic carbocycles. The molecule has 0 radical (unpaired) electrons. The van der Waals surface area contributed by atoms with Crippen molar-refractivity contribution < 1.29 is 42.1 Å². The van der Waals surface area contributed by atoms with Gasteiger partial charge in [0.1, 0.15) is 4.90 Å². The van der Waals surface area contributed by atoms with E-state index in [0.29, 0.717) is 0 Å². The van der Waals surface area contributed by atoms with Gasteiger partial charge < -0.3 is 0 Å². The maximum Gasteiger partial charge on any atom is 0.317 e. The molecular weight excluding hydrogens is 1510 g/mol. The lowest BCUT2D eigenvalue weighted by molar-refractivity contribution is 0.609. The number of hydrogen-bond acceptors (Lipinski definition) is 10. The fraction of sp³-hybridized carbons (Fsp3) is 0. The first-order valence-electron chi connectivity index (χ1n) is 13.9. The highest BCUT2D eigenvalue weighted by atomic mass is 79.9. The van der Waals surface area contributed by atoms with Gasteiger partial charge in [0.05, 0.1) is 5.02 Å². The molecule has 0 aliphatic rings. The van der Waals surface area contributed by atoms with Crippen LogP contribution in [0.15, 0.2) is 165 Å². The Hall–Kier alpha value is 1.63. The van der Waals surface area contributed by atoms with Crippen molar-refractivity contribution in [3.8, 4) is 0 Å². The van der Waals surface area contributed by atoms with Gasteiger partial charge in [0.15, 0.2) is 0 Å². The third-order valence-electron chi connectivity index (χ3n) is 4.14. The van der Waals surface area contributed by atoms with Gasteiger partial charge in [-0.05, 0) is 72.8 Å². The molecule has 31 heteroatoms. The van der Waals surface area contributed by atoms with Gasteiger partial charge in [-0.2, -0.15) is 33.7 Å². The van der Waals surface area contributed by atoms with Crippen molar-refractivity contribution in [3.63, 3.8) is 0 Å². The zero-order chi connectivity index (χ0) is 48.7. The van der Waals surface area contributed by atoms with Crippen molar-refractivity contribution in [3.05, 3.63) is 165 Å². The molecule has 0 aromatic heterocycles. The minimum atomic E-state index is -3.72. The van der Waals surface area contributed by atoms with Gasteiger partial charge >= 0.3 is 33.1 Å². The Morgan fingerprint density at radius 3 is 0.623 bits per heavy atom. The van der Waals surface area contributed by atoms with Gasteiger partial charge in [-0.25, -0.2) is 8.42 Å². The molecule has 0 unspecified atom stereocenters. The lowest BCUT2D eigenvalue weighted by Crippen LogP contribution is -1.90. The average Bonchev–Trinajstić information content (AvgIpc) is 3.03. The lowest BCUT2D eigenvalue weighted by atomic mass is 10.4. The molecule has 0 fully saturated rings. The van der Waals surface area contributed by atoms with Crippen LogP contribution >= 0.6 is 203 Å². The standard InChI is InChI=1S/2C6H4Br2.2C6H5Br.C6H4Cl2O2S.4Cl2O2S/c2*7-5-2-1-3-6(8)4-5;2*7-6-4-2-1-3-5-6;7-5-3-1-2-4-6(5)11(8,9)10;4*1-5(2,3)4/h2*1-4H;2*1-5H;1-4H;;;;. The van der Waals surface area contributed by atoms with E-state index >= 15 is 0 Å². The molecule has 10 nitrogen and oxygen atoms in total. The summed E-state index contributed by atoms with van der Waals surface area (Å²) in [6, 6.07) is 41.9. The van der Waals surface area contributed by atoms with Crippen LogP contribution in [0.2, 0.25) is 5.02 Å². The largest absolute Gasteiger partial charge is 0.317 e. The van der Waals surface area contributed by atoms with Crippen LogP contribution < -0.4 is 0 Å².